The number of aromatic nitrogens is 1. The first-order chi connectivity index (χ1) is 7.70. The molecule has 0 aliphatic carbocycles. The molecule has 3 N–H and O–H groups in total. The van der Waals surface area contributed by atoms with Gasteiger partial charge in [0.25, 0.3) is 0 Å². The van der Waals surface area contributed by atoms with Crippen molar-refractivity contribution >= 4 is 11.6 Å². The smallest absolute Gasteiger partial charge is 0.0775 e. The minimum Gasteiger partial charge on any atom is -0.385 e. The highest BCUT2D eigenvalue weighted by Gasteiger charge is 2.21. The fourth-order valence-corrected chi connectivity index (χ4v) is 1.85. The van der Waals surface area contributed by atoms with E-state index < -0.39 is 0 Å². The number of methoxy groups -OCH3 is 1. The molecule has 1 aromatic rings. The van der Waals surface area contributed by atoms with E-state index in [0.717, 1.165) is 12.1 Å². The number of hydrogen-bond acceptors (Lipinski definition) is 4. The number of hydrogen-bond donors (Lipinski definition) is 2. The first-order valence-corrected chi connectivity index (χ1v) is 5.64. The average molecular weight is 244 g/mol. The zero-order valence-corrected chi connectivity index (χ0v) is 10.4. The van der Waals surface area contributed by atoms with Crippen LogP contribution in [0.2, 0.25) is 5.02 Å². The third-order valence-electron chi connectivity index (χ3n) is 2.61. The van der Waals surface area contributed by atoms with Gasteiger partial charge in [0.1, 0.15) is 0 Å². The van der Waals surface area contributed by atoms with Crippen LogP contribution in [0.15, 0.2) is 18.3 Å². The molecule has 0 aliphatic heterocycles. The van der Waals surface area contributed by atoms with Gasteiger partial charge in [0, 0.05) is 19.9 Å². The van der Waals surface area contributed by atoms with Crippen LogP contribution in [-0.4, -0.2) is 18.7 Å². The normalized spacial score (nSPS) is 14.8. The van der Waals surface area contributed by atoms with Crippen molar-refractivity contribution < 1.29 is 4.74 Å². The van der Waals surface area contributed by atoms with E-state index >= 15 is 0 Å². The molecule has 0 saturated heterocycles. The number of rotatable bonds is 6. The van der Waals surface area contributed by atoms with Crippen molar-refractivity contribution in [3.8, 4) is 0 Å². The fraction of sp³-hybridized carbons (Fsp3) is 0.545. The Morgan fingerprint density at radius 3 is 2.94 bits per heavy atom. The van der Waals surface area contributed by atoms with E-state index in [1.54, 1.807) is 19.4 Å². The number of hydrazine groups is 1. The number of pyridine rings is 1. The molecule has 16 heavy (non-hydrogen) atoms. The van der Waals surface area contributed by atoms with Gasteiger partial charge in [-0.05, 0) is 24.5 Å². The lowest BCUT2D eigenvalue weighted by atomic mass is 9.96. The molecule has 2 atom stereocenters. The summed E-state index contributed by atoms with van der Waals surface area (Å²) < 4.78 is 5.05. The van der Waals surface area contributed by atoms with Crippen LogP contribution in [0.25, 0.3) is 0 Å². The minimum absolute atomic E-state index is 0.0520. The molecule has 4 nitrogen and oxygen atoms in total. The Morgan fingerprint density at radius 1 is 1.62 bits per heavy atom. The van der Waals surface area contributed by atoms with Crippen molar-refractivity contribution in [2.75, 3.05) is 13.7 Å². The summed E-state index contributed by atoms with van der Waals surface area (Å²) in [5.74, 6) is 5.86. The lowest BCUT2D eigenvalue weighted by molar-refractivity contribution is 0.170. The summed E-state index contributed by atoms with van der Waals surface area (Å²) in [7, 11) is 1.69. The van der Waals surface area contributed by atoms with Crippen LogP contribution < -0.4 is 11.3 Å². The van der Waals surface area contributed by atoms with Crippen LogP contribution in [0.5, 0.6) is 0 Å². The van der Waals surface area contributed by atoms with Crippen molar-refractivity contribution in [3.63, 3.8) is 0 Å². The molecule has 5 heteroatoms. The van der Waals surface area contributed by atoms with Crippen LogP contribution in [0.3, 0.4) is 0 Å². The summed E-state index contributed by atoms with van der Waals surface area (Å²) in [6.45, 7) is 2.79. The molecule has 1 heterocycles. The SMILES string of the molecule is COCCC(C)C(NN)c1ncccc1Cl. The molecular weight excluding hydrogens is 226 g/mol. The first kappa shape index (κ1) is 13.4. The zero-order chi connectivity index (χ0) is 12.0. The molecule has 0 bridgehead atoms. The largest absolute Gasteiger partial charge is 0.385 e. The number of ether oxygens (including phenoxy) is 1. The molecule has 0 spiro atoms. The third-order valence-corrected chi connectivity index (χ3v) is 2.93. The highest BCUT2D eigenvalue weighted by atomic mass is 35.5. The molecule has 2 unspecified atom stereocenters. The summed E-state index contributed by atoms with van der Waals surface area (Å²) in [6, 6.07) is 3.57. The van der Waals surface area contributed by atoms with E-state index in [0.29, 0.717) is 17.5 Å². The van der Waals surface area contributed by atoms with Gasteiger partial charge in [-0.15, -0.1) is 0 Å². The number of nitrogens with two attached hydrogens (primary N) is 1. The zero-order valence-electron chi connectivity index (χ0n) is 9.61. The van der Waals surface area contributed by atoms with E-state index in [1.807, 2.05) is 6.07 Å². The van der Waals surface area contributed by atoms with Crippen molar-refractivity contribution in [1.82, 2.24) is 10.4 Å². The van der Waals surface area contributed by atoms with E-state index in [4.69, 9.17) is 22.2 Å². The Hall–Kier alpha value is -0.680. The molecule has 1 aromatic heterocycles. The lowest BCUT2D eigenvalue weighted by Gasteiger charge is -2.23. The fourth-order valence-electron chi connectivity index (χ4n) is 1.61. The van der Waals surface area contributed by atoms with Crippen molar-refractivity contribution in [2.45, 2.75) is 19.4 Å². The second-order valence-corrected chi connectivity index (χ2v) is 4.18. The molecule has 0 amide bonds. The van der Waals surface area contributed by atoms with Crippen LogP contribution >= 0.6 is 11.6 Å². The first-order valence-electron chi connectivity index (χ1n) is 5.26. The highest BCUT2D eigenvalue weighted by Crippen LogP contribution is 2.27. The number of nitrogens with one attached hydrogen (secondary N) is 1. The molecule has 1 rings (SSSR count). The third kappa shape index (κ3) is 3.42. The molecule has 0 aliphatic rings. The van der Waals surface area contributed by atoms with Gasteiger partial charge < -0.3 is 4.74 Å². The Morgan fingerprint density at radius 2 is 2.38 bits per heavy atom. The lowest BCUT2D eigenvalue weighted by Crippen LogP contribution is -2.33. The maximum Gasteiger partial charge on any atom is 0.0775 e. The second kappa shape index (κ2) is 6.81. The van der Waals surface area contributed by atoms with Crippen molar-refractivity contribution in [3.05, 3.63) is 29.0 Å². The molecule has 0 radical (unpaired) electrons. The Kier molecular flexibility index (Phi) is 5.69. The summed E-state index contributed by atoms with van der Waals surface area (Å²) >= 11 is 6.09. The van der Waals surface area contributed by atoms with Gasteiger partial charge in [0.15, 0.2) is 0 Å². The molecule has 0 aromatic carbocycles. The summed E-state index contributed by atoms with van der Waals surface area (Å²) in [6.07, 6.45) is 2.62. The van der Waals surface area contributed by atoms with Gasteiger partial charge in [-0.1, -0.05) is 18.5 Å². The summed E-state index contributed by atoms with van der Waals surface area (Å²) in [4.78, 5) is 4.26. The van der Waals surface area contributed by atoms with Crippen LogP contribution in [0.4, 0.5) is 0 Å². The van der Waals surface area contributed by atoms with Gasteiger partial charge in [0.2, 0.25) is 0 Å². The Bertz CT molecular complexity index is 322. The summed E-state index contributed by atoms with van der Waals surface area (Å²) in [5.41, 5.74) is 3.55. The standard InChI is InChI=1S/C11H18ClN3O/c1-8(5-7-16-2)10(15-13)11-9(12)4-3-6-14-11/h3-4,6,8,10,15H,5,7,13H2,1-2H3. The highest BCUT2D eigenvalue weighted by molar-refractivity contribution is 6.31. The van der Waals surface area contributed by atoms with E-state index in [2.05, 4.69) is 17.3 Å². The van der Waals surface area contributed by atoms with E-state index in [9.17, 15) is 0 Å². The van der Waals surface area contributed by atoms with Crippen molar-refractivity contribution in [1.29, 1.82) is 0 Å². The molecule has 0 fully saturated rings. The average Bonchev–Trinajstić information content (AvgIpc) is 2.30. The van der Waals surface area contributed by atoms with Gasteiger partial charge >= 0.3 is 0 Å². The van der Waals surface area contributed by atoms with E-state index in [1.165, 1.54) is 0 Å². The number of halogens is 1. The monoisotopic (exact) mass is 243 g/mol. The quantitative estimate of drug-likeness (QED) is 0.592. The van der Waals surface area contributed by atoms with Crippen LogP contribution in [-0.2, 0) is 4.74 Å². The maximum atomic E-state index is 6.09. The second-order valence-electron chi connectivity index (χ2n) is 3.77. The molecule has 90 valence electrons. The van der Waals surface area contributed by atoms with E-state index in [-0.39, 0.29) is 6.04 Å². The van der Waals surface area contributed by atoms with Gasteiger partial charge in [-0.3, -0.25) is 16.3 Å². The Labute approximate surface area is 101 Å². The predicted molar refractivity (Wildman–Crippen MR) is 65.0 cm³/mol. The van der Waals surface area contributed by atoms with Crippen LogP contribution in [0.1, 0.15) is 25.1 Å². The summed E-state index contributed by atoms with van der Waals surface area (Å²) in [5, 5.41) is 0.634. The predicted octanol–water partition coefficient (Wildman–Crippen LogP) is 1.91. The maximum absolute atomic E-state index is 6.09. The van der Waals surface area contributed by atoms with Gasteiger partial charge in [-0.2, -0.15) is 0 Å². The van der Waals surface area contributed by atoms with Crippen molar-refractivity contribution in [2.24, 2.45) is 11.8 Å². The molecular formula is C11H18ClN3O. The van der Waals surface area contributed by atoms with Crippen LogP contribution in [0, 0.1) is 5.92 Å². The topological polar surface area (TPSA) is 60.2 Å². The number of nitrogens with zero attached hydrogens (tertiary/aromatic N) is 1. The Balaban J connectivity index is 2.77. The van der Waals surface area contributed by atoms with Gasteiger partial charge in [0.05, 0.1) is 16.8 Å². The van der Waals surface area contributed by atoms with Gasteiger partial charge in [-0.25, -0.2) is 0 Å². The minimum atomic E-state index is -0.0520. The molecule has 0 saturated carbocycles.